The third-order valence-corrected chi connectivity index (χ3v) is 6.73. The van der Waals surface area contributed by atoms with Gasteiger partial charge in [-0.3, -0.25) is 9.48 Å². The fraction of sp³-hybridized carbons (Fsp3) is 0.222. The van der Waals surface area contributed by atoms with Gasteiger partial charge in [0.05, 0.1) is 39.0 Å². The number of hydrogen-bond donors (Lipinski definition) is 0. The molecule has 1 aromatic carbocycles. The van der Waals surface area contributed by atoms with Gasteiger partial charge in [0, 0.05) is 36.4 Å². The first-order valence-corrected chi connectivity index (χ1v) is 12.2. The number of likely N-dealkylation sites (N-methyl/N-ethyl adjacent to an activating group) is 1. The lowest BCUT2D eigenvalue weighted by Gasteiger charge is -2.33. The lowest BCUT2D eigenvalue weighted by atomic mass is 9.60. The Morgan fingerprint density at radius 3 is 2.47 bits per heavy atom. The van der Waals surface area contributed by atoms with Crippen LogP contribution in [0.1, 0.15) is 23.2 Å². The highest BCUT2D eigenvalue weighted by Crippen LogP contribution is 2.28. The molecular formula is C27H24B2FN7O. The minimum absolute atomic E-state index is 0.243. The summed E-state index contributed by atoms with van der Waals surface area (Å²) in [6.45, 7) is 0.744. The zero-order chi connectivity index (χ0) is 26.7. The van der Waals surface area contributed by atoms with Crippen LogP contribution in [-0.2, 0) is 6.54 Å². The third-order valence-electron chi connectivity index (χ3n) is 6.73. The Kier molecular flexibility index (Phi) is 7.20. The van der Waals surface area contributed by atoms with Gasteiger partial charge >= 0.3 is 0 Å². The summed E-state index contributed by atoms with van der Waals surface area (Å²) in [6.07, 6.45) is 9.49. The smallest absolute Gasteiger partial charge is 0.180 e. The van der Waals surface area contributed by atoms with Crippen LogP contribution in [0.4, 0.5) is 4.39 Å². The molecule has 1 saturated heterocycles. The Labute approximate surface area is 222 Å². The van der Waals surface area contributed by atoms with Crippen LogP contribution in [0.2, 0.25) is 0 Å². The first-order valence-electron chi connectivity index (χ1n) is 12.2. The molecule has 0 spiro atoms. The van der Waals surface area contributed by atoms with Crippen LogP contribution < -0.4 is 0 Å². The SMILES string of the molecule is O=Cc1c(-c2ncccn2)nn2ccccc12.[B]C1([B])CC[C@@H](Cn2ccc(-c3ccc(F)cc3)n2)N1C. The highest BCUT2D eigenvalue weighted by Gasteiger charge is 2.35. The van der Waals surface area contributed by atoms with E-state index in [4.69, 9.17) is 15.7 Å². The van der Waals surface area contributed by atoms with E-state index in [0.717, 1.165) is 42.4 Å². The summed E-state index contributed by atoms with van der Waals surface area (Å²) in [5, 5.41) is 8.13. The fourth-order valence-electron chi connectivity index (χ4n) is 4.50. The van der Waals surface area contributed by atoms with E-state index >= 15 is 0 Å². The van der Waals surface area contributed by atoms with Crippen LogP contribution in [0, 0.1) is 5.82 Å². The Morgan fingerprint density at radius 2 is 1.79 bits per heavy atom. The number of benzene rings is 1. The second kappa shape index (κ2) is 10.7. The van der Waals surface area contributed by atoms with Crippen molar-refractivity contribution >= 4 is 27.5 Å². The second-order valence-corrected chi connectivity index (χ2v) is 9.21. The van der Waals surface area contributed by atoms with Crippen molar-refractivity contribution < 1.29 is 9.18 Å². The number of aldehydes is 1. The van der Waals surface area contributed by atoms with Crippen molar-refractivity contribution in [2.75, 3.05) is 7.05 Å². The molecule has 4 radical (unpaired) electrons. The molecule has 186 valence electrons. The molecule has 38 heavy (non-hydrogen) atoms. The Balaban J connectivity index is 0.000000158. The maximum atomic E-state index is 12.9. The largest absolute Gasteiger partial charge is 0.313 e. The molecule has 8 nitrogen and oxygen atoms in total. The number of likely N-dealkylation sites (tertiary alicyclic amines) is 1. The van der Waals surface area contributed by atoms with E-state index in [0.29, 0.717) is 17.1 Å². The van der Waals surface area contributed by atoms with Gasteiger partial charge < -0.3 is 4.90 Å². The van der Waals surface area contributed by atoms with Crippen molar-refractivity contribution in [2.24, 2.45) is 0 Å². The molecule has 6 rings (SSSR count). The average molecular weight is 503 g/mol. The average Bonchev–Trinajstić information content (AvgIpc) is 3.62. The zero-order valence-electron chi connectivity index (χ0n) is 20.9. The standard InChI is InChI=1S/C15H16B2FN3.C12H8N4O/c1-20-13(6-8-15(20,16)17)10-21-9-7-14(19-21)11-2-4-12(18)5-3-11;17-8-9-10-4-1-2-7-16(10)15-11(9)12-13-5-3-6-14-12/h2-5,7,9,13H,6,8,10H2,1H3;1-8H/t13-;/m0./s1. The molecule has 1 atom stereocenters. The van der Waals surface area contributed by atoms with Gasteiger partial charge in [0.2, 0.25) is 0 Å². The van der Waals surface area contributed by atoms with E-state index in [1.807, 2.05) is 47.1 Å². The quantitative estimate of drug-likeness (QED) is 0.271. The monoisotopic (exact) mass is 503 g/mol. The van der Waals surface area contributed by atoms with Gasteiger partial charge in [0.25, 0.3) is 0 Å². The number of rotatable bonds is 5. The zero-order valence-corrected chi connectivity index (χ0v) is 20.9. The lowest BCUT2D eigenvalue weighted by Crippen LogP contribution is -2.46. The summed E-state index contributed by atoms with van der Waals surface area (Å²) in [6, 6.07) is 15.8. The Morgan fingerprint density at radius 1 is 1.03 bits per heavy atom. The summed E-state index contributed by atoms with van der Waals surface area (Å²) in [5.74, 6) is 0.214. The van der Waals surface area contributed by atoms with Gasteiger partial charge in [0.15, 0.2) is 12.1 Å². The van der Waals surface area contributed by atoms with E-state index in [9.17, 15) is 9.18 Å². The second-order valence-electron chi connectivity index (χ2n) is 9.21. The molecular weight excluding hydrogens is 479 g/mol. The number of hydrogen-bond acceptors (Lipinski definition) is 6. The van der Waals surface area contributed by atoms with Crippen LogP contribution in [0.25, 0.3) is 28.3 Å². The van der Waals surface area contributed by atoms with Crippen molar-refractivity contribution in [3.8, 4) is 22.8 Å². The lowest BCUT2D eigenvalue weighted by molar-refractivity contribution is 0.112. The summed E-state index contributed by atoms with van der Waals surface area (Å²) in [7, 11) is 14.0. The molecule has 0 aliphatic carbocycles. The highest BCUT2D eigenvalue weighted by atomic mass is 19.1. The number of aromatic nitrogens is 6. The fourth-order valence-corrected chi connectivity index (χ4v) is 4.50. The van der Waals surface area contributed by atoms with Crippen LogP contribution in [0.5, 0.6) is 0 Å². The van der Waals surface area contributed by atoms with E-state index in [2.05, 4.69) is 20.2 Å². The molecule has 5 heterocycles. The predicted molar refractivity (Wildman–Crippen MR) is 144 cm³/mol. The number of carbonyl (C=O) groups is 1. The minimum Gasteiger partial charge on any atom is -0.313 e. The van der Waals surface area contributed by atoms with Crippen LogP contribution in [-0.4, -0.2) is 74.7 Å². The van der Waals surface area contributed by atoms with Crippen molar-refractivity contribution in [1.29, 1.82) is 0 Å². The van der Waals surface area contributed by atoms with Gasteiger partial charge in [0.1, 0.15) is 11.5 Å². The van der Waals surface area contributed by atoms with Gasteiger partial charge in [-0.15, -0.1) is 0 Å². The van der Waals surface area contributed by atoms with Crippen LogP contribution in [0.3, 0.4) is 0 Å². The molecule has 0 saturated carbocycles. The highest BCUT2D eigenvalue weighted by molar-refractivity contribution is 6.40. The van der Waals surface area contributed by atoms with Crippen molar-refractivity contribution in [2.45, 2.75) is 30.8 Å². The number of fused-ring (bicyclic) bond motifs is 1. The molecule has 0 amide bonds. The van der Waals surface area contributed by atoms with E-state index in [1.54, 1.807) is 41.3 Å². The Hall–Kier alpha value is -4.11. The summed E-state index contributed by atoms with van der Waals surface area (Å²) in [5.41, 5.74) is 3.51. The maximum absolute atomic E-state index is 12.9. The van der Waals surface area contributed by atoms with Gasteiger partial charge in [-0.1, -0.05) is 11.4 Å². The number of carbonyl (C=O) groups excluding carboxylic acids is 1. The topological polar surface area (TPSA) is 81.2 Å². The molecule has 1 fully saturated rings. The first kappa shape index (κ1) is 25.5. The van der Waals surface area contributed by atoms with Crippen molar-refractivity contribution in [3.63, 3.8) is 0 Å². The van der Waals surface area contributed by atoms with Gasteiger partial charge in [-0.05, 0) is 68.4 Å². The number of pyridine rings is 1. The molecule has 0 bridgehead atoms. The van der Waals surface area contributed by atoms with Crippen LogP contribution in [0.15, 0.2) is 79.4 Å². The van der Waals surface area contributed by atoms with Crippen LogP contribution >= 0.6 is 0 Å². The third kappa shape index (κ3) is 5.28. The normalized spacial score (nSPS) is 16.7. The molecule has 1 aliphatic heterocycles. The first-order chi connectivity index (χ1) is 18.4. The molecule has 0 N–H and O–H groups in total. The van der Waals surface area contributed by atoms with E-state index < -0.39 is 5.34 Å². The maximum Gasteiger partial charge on any atom is 0.180 e. The van der Waals surface area contributed by atoms with Gasteiger partial charge in [-0.2, -0.15) is 10.2 Å². The summed E-state index contributed by atoms with van der Waals surface area (Å²) >= 11 is 0. The summed E-state index contributed by atoms with van der Waals surface area (Å²) < 4.78 is 16.5. The predicted octanol–water partition coefficient (Wildman–Crippen LogP) is 3.38. The van der Waals surface area contributed by atoms with E-state index in [-0.39, 0.29) is 11.9 Å². The van der Waals surface area contributed by atoms with E-state index in [1.165, 1.54) is 12.1 Å². The molecule has 5 aromatic rings. The van der Waals surface area contributed by atoms with Crippen molar-refractivity contribution in [3.05, 3.63) is 90.8 Å². The molecule has 11 heteroatoms. The molecule has 0 unspecified atom stereocenters. The number of nitrogens with zero attached hydrogens (tertiary/aromatic N) is 7. The summed E-state index contributed by atoms with van der Waals surface area (Å²) in [4.78, 5) is 21.4. The molecule has 4 aromatic heterocycles. The minimum atomic E-state index is -0.725. The molecule has 1 aliphatic rings. The number of halogens is 1. The van der Waals surface area contributed by atoms with Gasteiger partial charge in [-0.25, -0.2) is 18.9 Å². The van der Waals surface area contributed by atoms with Crippen molar-refractivity contribution in [1.82, 2.24) is 34.3 Å². The Bertz CT molecular complexity index is 1540.